The highest BCUT2D eigenvalue weighted by Gasteiger charge is 2.23. The summed E-state index contributed by atoms with van der Waals surface area (Å²) in [5.41, 5.74) is 0.657. The first-order chi connectivity index (χ1) is 16.2. The van der Waals surface area contributed by atoms with Crippen LogP contribution < -0.4 is 15.6 Å². The van der Waals surface area contributed by atoms with Crippen molar-refractivity contribution in [2.45, 2.75) is 11.8 Å². The molecule has 0 fully saturated rings. The van der Waals surface area contributed by atoms with Crippen molar-refractivity contribution in [2.75, 3.05) is 10.0 Å². The maximum atomic E-state index is 13.4. The first-order valence-corrected chi connectivity index (χ1v) is 11.7. The number of hydrogen-bond donors (Lipinski definition) is 2. The van der Waals surface area contributed by atoms with Gasteiger partial charge in [0.05, 0.1) is 16.3 Å². The van der Waals surface area contributed by atoms with Crippen LogP contribution in [0.15, 0.2) is 88.6 Å². The Bertz CT molecular complexity index is 1540. The van der Waals surface area contributed by atoms with E-state index in [9.17, 15) is 22.4 Å². The minimum atomic E-state index is -4.20. The Morgan fingerprint density at radius 3 is 2.35 bits per heavy atom. The summed E-state index contributed by atoms with van der Waals surface area (Å²) in [4.78, 5) is 25.4. The highest BCUT2D eigenvalue weighted by Crippen LogP contribution is 2.20. The molecule has 2 N–H and O–H groups in total. The van der Waals surface area contributed by atoms with Crippen LogP contribution in [0.2, 0.25) is 0 Å². The van der Waals surface area contributed by atoms with Crippen LogP contribution in [0.1, 0.15) is 16.1 Å². The van der Waals surface area contributed by atoms with Gasteiger partial charge in [-0.25, -0.2) is 17.5 Å². The Kier molecular flexibility index (Phi) is 6.08. The fourth-order valence-corrected chi connectivity index (χ4v) is 4.61. The van der Waals surface area contributed by atoms with Crippen molar-refractivity contribution >= 4 is 27.3 Å². The highest BCUT2D eigenvalue weighted by molar-refractivity contribution is 7.92. The zero-order valence-corrected chi connectivity index (χ0v) is 19.1. The number of carbonyl (C=O) groups excluding carboxylic acids is 1. The number of nitrogens with zero attached hydrogens (tertiary/aromatic N) is 2. The molecule has 10 heteroatoms. The Balaban J connectivity index is 1.64. The van der Waals surface area contributed by atoms with Crippen LogP contribution in [0.5, 0.6) is 0 Å². The number of halogens is 1. The van der Waals surface area contributed by atoms with Crippen LogP contribution in [-0.4, -0.2) is 23.7 Å². The highest BCUT2D eigenvalue weighted by atomic mass is 32.2. The molecule has 1 amide bonds. The van der Waals surface area contributed by atoms with Gasteiger partial charge >= 0.3 is 0 Å². The number of hydrogen-bond acceptors (Lipinski definition) is 4. The van der Waals surface area contributed by atoms with Gasteiger partial charge in [0.2, 0.25) is 0 Å². The molecule has 4 rings (SSSR count). The van der Waals surface area contributed by atoms with E-state index in [1.807, 2.05) is 6.07 Å². The molecule has 3 aromatic carbocycles. The van der Waals surface area contributed by atoms with E-state index in [4.69, 9.17) is 0 Å². The lowest BCUT2D eigenvalue weighted by molar-refractivity contribution is 0.102. The lowest BCUT2D eigenvalue weighted by Crippen LogP contribution is -2.23. The third kappa shape index (κ3) is 4.48. The average Bonchev–Trinajstić information content (AvgIpc) is 3.02. The number of rotatable bonds is 6. The van der Waals surface area contributed by atoms with Gasteiger partial charge in [0.1, 0.15) is 11.5 Å². The van der Waals surface area contributed by atoms with Crippen LogP contribution in [0.4, 0.5) is 15.8 Å². The zero-order chi connectivity index (χ0) is 24.5. The summed E-state index contributed by atoms with van der Waals surface area (Å²) < 4.78 is 44.8. The second-order valence-corrected chi connectivity index (χ2v) is 9.22. The van der Waals surface area contributed by atoms with E-state index in [0.717, 1.165) is 6.07 Å². The standard InChI is InChI=1S/C24H21FN4O4S/c1-16-22(24(31)29(28(16)2)20-11-4-3-5-12-20)27-34(32,33)21-13-6-8-17(14-21)23(30)26-19-10-7-9-18(25)15-19/h3-15,27H,1-2H3,(H,26,30). The van der Waals surface area contributed by atoms with Crippen molar-refractivity contribution < 1.29 is 17.6 Å². The summed E-state index contributed by atoms with van der Waals surface area (Å²) in [5.74, 6) is -1.12. The number of amides is 1. The minimum Gasteiger partial charge on any atom is -0.322 e. The fraction of sp³-hybridized carbons (Fsp3) is 0.0833. The van der Waals surface area contributed by atoms with Crippen LogP contribution in [0, 0.1) is 12.7 Å². The summed E-state index contributed by atoms with van der Waals surface area (Å²) in [6.45, 7) is 1.63. The van der Waals surface area contributed by atoms with Gasteiger partial charge in [-0.2, -0.15) is 0 Å². The van der Waals surface area contributed by atoms with E-state index in [1.54, 1.807) is 42.9 Å². The Hall–Kier alpha value is -4.18. The van der Waals surface area contributed by atoms with Gasteiger partial charge in [-0.15, -0.1) is 0 Å². The molecule has 0 aliphatic heterocycles. The van der Waals surface area contributed by atoms with Gasteiger partial charge in [0, 0.05) is 18.3 Å². The quantitative estimate of drug-likeness (QED) is 0.440. The van der Waals surface area contributed by atoms with Gasteiger partial charge in [0.15, 0.2) is 0 Å². The topological polar surface area (TPSA) is 102 Å². The Morgan fingerprint density at radius 2 is 1.65 bits per heavy atom. The predicted molar refractivity (Wildman–Crippen MR) is 127 cm³/mol. The summed E-state index contributed by atoms with van der Waals surface area (Å²) in [6, 6.07) is 19.5. The molecule has 8 nitrogen and oxygen atoms in total. The van der Waals surface area contributed by atoms with Crippen molar-refractivity contribution in [1.29, 1.82) is 0 Å². The zero-order valence-electron chi connectivity index (χ0n) is 18.3. The number of para-hydroxylation sites is 1. The van der Waals surface area contributed by atoms with E-state index in [1.165, 1.54) is 47.1 Å². The molecule has 1 heterocycles. The van der Waals surface area contributed by atoms with E-state index < -0.39 is 27.3 Å². The molecule has 0 saturated carbocycles. The SMILES string of the molecule is Cc1c(NS(=O)(=O)c2cccc(C(=O)Nc3cccc(F)c3)c2)c(=O)n(-c2ccccc2)n1C. The molecule has 0 atom stereocenters. The van der Waals surface area contributed by atoms with Crippen molar-refractivity contribution in [2.24, 2.45) is 7.05 Å². The van der Waals surface area contributed by atoms with Crippen molar-refractivity contribution in [1.82, 2.24) is 9.36 Å². The molecule has 1 aromatic heterocycles. The van der Waals surface area contributed by atoms with E-state index in [2.05, 4.69) is 10.0 Å². The van der Waals surface area contributed by atoms with E-state index >= 15 is 0 Å². The second kappa shape index (κ2) is 8.99. The van der Waals surface area contributed by atoms with Crippen LogP contribution >= 0.6 is 0 Å². The van der Waals surface area contributed by atoms with Crippen molar-refractivity contribution in [3.63, 3.8) is 0 Å². The molecule has 0 radical (unpaired) electrons. The summed E-state index contributed by atoms with van der Waals surface area (Å²) >= 11 is 0. The molecule has 0 saturated heterocycles. The molecular formula is C24H21FN4O4S. The summed E-state index contributed by atoms with van der Waals surface area (Å²) in [6.07, 6.45) is 0. The summed E-state index contributed by atoms with van der Waals surface area (Å²) in [5, 5.41) is 2.52. The van der Waals surface area contributed by atoms with Gasteiger partial charge in [-0.1, -0.05) is 30.3 Å². The molecule has 0 bridgehead atoms. The van der Waals surface area contributed by atoms with E-state index in [-0.39, 0.29) is 21.8 Å². The van der Waals surface area contributed by atoms with Crippen molar-refractivity contribution in [3.8, 4) is 5.69 Å². The van der Waals surface area contributed by atoms with Crippen molar-refractivity contribution in [3.05, 3.63) is 106 Å². The molecule has 0 unspecified atom stereocenters. The third-order valence-corrected chi connectivity index (χ3v) is 6.63. The number of aromatic nitrogens is 2. The third-order valence-electron chi connectivity index (χ3n) is 5.28. The number of benzene rings is 3. The first kappa shape index (κ1) is 23.0. The normalized spacial score (nSPS) is 11.3. The number of nitrogens with one attached hydrogen (secondary N) is 2. The lowest BCUT2D eigenvalue weighted by atomic mass is 10.2. The second-order valence-electron chi connectivity index (χ2n) is 7.53. The molecule has 0 aliphatic carbocycles. The summed E-state index contributed by atoms with van der Waals surface area (Å²) in [7, 11) is -2.54. The minimum absolute atomic E-state index is 0.0543. The molecular weight excluding hydrogens is 459 g/mol. The molecule has 174 valence electrons. The monoisotopic (exact) mass is 480 g/mol. The van der Waals surface area contributed by atoms with Gasteiger partial charge in [-0.3, -0.25) is 19.0 Å². The molecule has 34 heavy (non-hydrogen) atoms. The smallest absolute Gasteiger partial charge is 0.296 e. The van der Waals surface area contributed by atoms with Crippen LogP contribution in [-0.2, 0) is 17.1 Å². The lowest BCUT2D eigenvalue weighted by Gasteiger charge is -2.09. The first-order valence-electron chi connectivity index (χ1n) is 10.2. The average molecular weight is 481 g/mol. The van der Waals surface area contributed by atoms with Gasteiger partial charge in [-0.05, 0) is 55.5 Å². The van der Waals surface area contributed by atoms with E-state index in [0.29, 0.717) is 11.4 Å². The van der Waals surface area contributed by atoms with Crippen LogP contribution in [0.25, 0.3) is 5.69 Å². The van der Waals surface area contributed by atoms with Gasteiger partial charge in [0.25, 0.3) is 21.5 Å². The molecule has 4 aromatic rings. The Morgan fingerprint density at radius 1 is 0.941 bits per heavy atom. The largest absolute Gasteiger partial charge is 0.322 e. The maximum absolute atomic E-state index is 13.4. The number of anilines is 2. The number of carbonyl (C=O) groups is 1. The Labute approximate surface area is 195 Å². The van der Waals surface area contributed by atoms with Crippen LogP contribution in [0.3, 0.4) is 0 Å². The fourth-order valence-electron chi connectivity index (χ4n) is 3.45. The predicted octanol–water partition coefficient (Wildman–Crippen LogP) is 3.68. The molecule has 0 spiro atoms. The number of sulfonamides is 1. The molecule has 0 aliphatic rings. The van der Waals surface area contributed by atoms with Gasteiger partial charge < -0.3 is 5.32 Å². The maximum Gasteiger partial charge on any atom is 0.296 e.